The smallest absolute Gasteiger partial charge is 0.336 e. The average molecular weight is 672 g/mol. The van der Waals surface area contributed by atoms with E-state index in [0.717, 1.165) is 32.8 Å². The lowest BCUT2D eigenvalue weighted by atomic mass is 9.92. The molecule has 0 amide bonds. The van der Waals surface area contributed by atoms with E-state index in [1.54, 1.807) is 0 Å². The van der Waals surface area contributed by atoms with Crippen LogP contribution in [0.25, 0.3) is 11.0 Å². The lowest BCUT2D eigenvalue weighted by Gasteiger charge is -2.44. The summed E-state index contributed by atoms with van der Waals surface area (Å²) in [4.78, 5) is 60.5. The number of carbonyl (C=O) groups excluding carboxylic acids is 4. The summed E-state index contributed by atoms with van der Waals surface area (Å²) in [5.74, 6) is -2.22. The molecule has 5 rings (SSSR count). The van der Waals surface area contributed by atoms with Crippen molar-refractivity contribution in [2.45, 2.75) is 104 Å². The Kier molecular flexibility index (Phi) is 9.75. The summed E-state index contributed by atoms with van der Waals surface area (Å²) in [7, 11) is 0. The van der Waals surface area contributed by atoms with E-state index < -0.39 is 72.4 Å². The number of esters is 4. The molecular formula is C32H37N3O13. The Labute approximate surface area is 274 Å². The Morgan fingerprint density at radius 2 is 1.62 bits per heavy atom. The van der Waals surface area contributed by atoms with Crippen LogP contribution in [0, 0.1) is 6.92 Å². The van der Waals surface area contributed by atoms with Gasteiger partial charge in [-0.1, -0.05) is 5.21 Å². The number of hydrogen-bond acceptors (Lipinski definition) is 15. The fraction of sp³-hybridized carbons (Fsp3) is 0.531. The molecule has 0 radical (unpaired) electrons. The third-order valence-corrected chi connectivity index (χ3v) is 7.75. The molecule has 1 fully saturated rings. The van der Waals surface area contributed by atoms with Crippen LogP contribution in [0.1, 0.15) is 71.0 Å². The molecule has 2 aliphatic heterocycles. The molecule has 0 spiro atoms. The van der Waals surface area contributed by atoms with Crippen molar-refractivity contribution in [2.24, 2.45) is 0 Å². The molecular weight excluding hydrogens is 634 g/mol. The van der Waals surface area contributed by atoms with Crippen molar-refractivity contribution in [3.05, 3.63) is 45.6 Å². The van der Waals surface area contributed by atoms with Crippen molar-refractivity contribution >= 4 is 34.8 Å². The average Bonchev–Trinajstić information content (AvgIpc) is 3.44. The first-order valence-electron chi connectivity index (χ1n) is 15.2. The topological polar surface area (TPSA) is 194 Å². The van der Waals surface area contributed by atoms with Gasteiger partial charge in [0.25, 0.3) is 0 Å². The van der Waals surface area contributed by atoms with Crippen molar-refractivity contribution in [3.8, 4) is 11.5 Å². The first kappa shape index (κ1) is 34.3. The highest BCUT2D eigenvalue weighted by atomic mass is 16.7. The second kappa shape index (κ2) is 13.6. The Hall–Kier alpha value is -4.99. The second-order valence-electron chi connectivity index (χ2n) is 12.2. The number of fused-ring (bicyclic) bond motifs is 2. The quantitative estimate of drug-likeness (QED) is 0.183. The van der Waals surface area contributed by atoms with Crippen molar-refractivity contribution in [1.82, 2.24) is 15.0 Å². The number of carbonyl (C=O) groups is 4. The van der Waals surface area contributed by atoms with Gasteiger partial charge >= 0.3 is 29.5 Å². The summed E-state index contributed by atoms with van der Waals surface area (Å²) in [5.41, 5.74) is 1.07. The number of aromatic nitrogens is 3. The number of aryl methyl sites for hydroxylation is 2. The van der Waals surface area contributed by atoms with Gasteiger partial charge in [-0.05, 0) is 50.8 Å². The molecule has 0 saturated carbocycles. The minimum atomic E-state index is -1.38. The molecule has 258 valence electrons. The molecule has 3 aromatic rings. The van der Waals surface area contributed by atoms with E-state index in [2.05, 4.69) is 10.3 Å². The van der Waals surface area contributed by atoms with Crippen molar-refractivity contribution in [2.75, 3.05) is 6.61 Å². The van der Waals surface area contributed by atoms with E-state index in [9.17, 15) is 24.0 Å². The van der Waals surface area contributed by atoms with Gasteiger partial charge in [0.15, 0.2) is 35.9 Å². The van der Waals surface area contributed by atoms with Crippen LogP contribution >= 0.6 is 0 Å². The molecule has 2 aliphatic rings. The van der Waals surface area contributed by atoms with Crippen LogP contribution in [0.15, 0.2) is 27.5 Å². The van der Waals surface area contributed by atoms with Gasteiger partial charge in [-0.3, -0.25) is 19.2 Å². The predicted octanol–water partition coefficient (Wildman–Crippen LogP) is 2.63. The number of ether oxygens (including phenoxy) is 7. The van der Waals surface area contributed by atoms with E-state index in [0.29, 0.717) is 23.1 Å². The number of nitrogens with zero attached hydrogens (tertiary/aromatic N) is 3. The maximum atomic E-state index is 12.4. The van der Waals surface area contributed by atoms with Crippen LogP contribution < -0.4 is 15.1 Å². The minimum absolute atomic E-state index is 0.168. The van der Waals surface area contributed by atoms with Crippen molar-refractivity contribution in [1.29, 1.82) is 0 Å². The van der Waals surface area contributed by atoms with Crippen LogP contribution in [0.5, 0.6) is 11.5 Å². The van der Waals surface area contributed by atoms with Gasteiger partial charge in [0.05, 0.1) is 6.20 Å². The van der Waals surface area contributed by atoms with Crippen LogP contribution in [0.4, 0.5) is 0 Å². The molecule has 0 bridgehead atoms. The second-order valence-corrected chi connectivity index (χ2v) is 12.2. The number of rotatable bonds is 9. The first-order valence-corrected chi connectivity index (χ1v) is 15.2. The van der Waals surface area contributed by atoms with Crippen LogP contribution in [0.3, 0.4) is 0 Å². The van der Waals surface area contributed by atoms with Gasteiger partial charge in [0, 0.05) is 39.1 Å². The van der Waals surface area contributed by atoms with Gasteiger partial charge in [-0.2, -0.15) is 0 Å². The SMILES string of the molecule is CC(=O)OC[C@H]1O[C@@H](n2cc(COc3c4c(cc5c(C)cc(=O)oc35)CCC(C)(C)O4)nn2)[C@H](OC(C)=O)[C@@H](OC(C)=O)[C@@H]1OC(C)=O. The third-order valence-electron chi connectivity index (χ3n) is 7.75. The van der Waals surface area contributed by atoms with E-state index >= 15 is 0 Å². The molecule has 0 aliphatic carbocycles. The van der Waals surface area contributed by atoms with Gasteiger partial charge in [-0.25, -0.2) is 9.48 Å². The number of hydrogen-bond donors (Lipinski definition) is 0. The molecule has 5 atom stereocenters. The van der Waals surface area contributed by atoms with Crippen molar-refractivity contribution < 1.29 is 56.8 Å². The molecule has 48 heavy (non-hydrogen) atoms. The molecule has 16 heteroatoms. The zero-order valence-corrected chi connectivity index (χ0v) is 27.6. The summed E-state index contributed by atoms with van der Waals surface area (Å²) in [6, 6.07) is 3.34. The van der Waals surface area contributed by atoms with E-state index in [-0.39, 0.29) is 23.6 Å². The van der Waals surface area contributed by atoms with Crippen molar-refractivity contribution in [3.63, 3.8) is 0 Å². The zero-order chi connectivity index (χ0) is 34.9. The number of benzene rings is 1. The maximum Gasteiger partial charge on any atom is 0.336 e. The maximum absolute atomic E-state index is 12.4. The molecule has 0 N–H and O–H groups in total. The lowest BCUT2D eigenvalue weighted by Crippen LogP contribution is -2.60. The van der Waals surface area contributed by atoms with Gasteiger partial charge in [-0.15, -0.1) is 5.10 Å². The van der Waals surface area contributed by atoms with Gasteiger partial charge < -0.3 is 37.6 Å². The Bertz CT molecular complexity index is 1800. The molecule has 4 heterocycles. The standard InChI is InChI=1S/C32H37N3O13/c1-15-10-24(40)47-26-22(15)11-20-8-9-32(6,7)48-25(20)28(26)42-13-21-12-35(34-33-21)31-30(45-19(5)39)29(44-18(4)38)27(43-17(3)37)23(46-31)14-41-16(2)36/h10-12,23,27,29-31H,8-9,13-14H2,1-7H3/t23-,27-,29+,30-,31-/m1/s1. The Morgan fingerprint density at radius 1 is 0.958 bits per heavy atom. The molecule has 1 aromatic carbocycles. The van der Waals surface area contributed by atoms with Crippen LogP contribution in [-0.2, 0) is 55.9 Å². The van der Waals surface area contributed by atoms with Gasteiger partial charge in [0.2, 0.25) is 5.75 Å². The van der Waals surface area contributed by atoms with Gasteiger partial charge in [0.1, 0.15) is 30.6 Å². The summed E-state index contributed by atoms with van der Waals surface area (Å²) in [5, 5.41) is 9.04. The summed E-state index contributed by atoms with van der Waals surface area (Å²) in [6.45, 7) is 9.74. The van der Waals surface area contributed by atoms with Crippen LogP contribution in [0.2, 0.25) is 0 Å². The third kappa shape index (κ3) is 7.59. The first-order chi connectivity index (χ1) is 22.6. The molecule has 0 unspecified atom stereocenters. The minimum Gasteiger partial charge on any atom is -0.484 e. The van der Waals surface area contributed by atoms with Crippen LogP contribution in [-0.4, -0.2) is 75.5 Å². The lowest BCUT2D eigenvalue weighted by molar-refractivity contribution is -0.270. The normalized spacial score (nSPS) is 22.9. The highest BCUT2D eigenvalue weighted by Gasteiger charge is 2.53. The zero-order valence-electron chi connectivity index (χ0n) is 27.6. The van der Waals surface area contributed by atoms with E-state index in [1.807, 2.05) is 26.8 Å². The monoisotopic (exact) mass is 671 g/mol. The Morgan fingerprint density at radius 3 is 2.29 bits per heavy atom. The predicted molar refractivity (Wildman–Crippen MR) is 162 cm³/mol. The molecule has 2 aromatic heterocycles. The molecule has 16 nitrogen and oxygen atoms in total. The van der Waals surface area contributed by atoms with E-state index in [1.165, 1.54) is 23.9 Å². The molecule has 1 saturated heterocycles. The fourth-order valence-corrected chi connectivity index (χ4v) is 5.72. The summed E-state index contributed by atoms with van der Waals surface area (Å²) < 4.78 is 47.1. The Balaban J connectivity index is 1.49. The largest absolute Gasteiger partial charge is 0.484 e. The fourth-order valence-electron chi connectivity index (χ4n) is 5.72. The highest BCUT2D eigenvalue weighted by molar-refractivity contribution is 5.89. The summed E-state index contributed by atoms with van der Waals surface area (Å²) in [6.07, 6.45) is -3.61. The van der Waals surface area contributed by atoms with E-state index in [4.69, 9.17) is 37.6 Å². The highest BCUT2D eigenvalue weighted by Crippen LogP contribution is 2.45. The summed E-state index contributed by atoms with van der Waals surface area (Å²) >= 11 is 0.